The van der Waals surface area contributed by atoms with Crippen LogP contribution >= 0.6 is 0 Å². The Labute approximate surface area is 166 Å². The Hall–Kier alpha value is -2.60. The molecule has 1 atom stereocenters. The maximum atomic E-state index is 13.0. The second-order valence-corrected chi connectivity index (χ2v) is 6.78. The zero-order valence-corrected chi connectivity index (χ0v) is 16.8. The molecule has 2 aromatic carbocycles. The first-order valence-corrected chi connectivity index (χ1v) is 9.69. The van der Waals surface area contributed by atoms with Crippen molar-refractivity contribution in [1.29, 1.82) is 0 Å². The van der Waals surface area contributed by atoms with Crippen LogP contribution in [0, 0.1) is 5.82 Å². The van der Waals surface area contributed by atoms with E-state index in [0.717, 1.165) is 29.8 Å². The summed E-state index contributed by atoms with van der Waals surface area (Å²) in [6.45, 7) is 7.53. The van der Waals surface area contributed by atoms with Crippen LogP contribution in [-0.2, 0) is 6.42 Å². The van der Waals surface area contributed by atoms with Crippen molar-refractivity contribution in [3.05, 3.63) is 65.5 Å². The van der Waals surface area contributed by atoms with Gasteiger partial charge in [0, 0.05) is 13.1 Å². The predicted octanol–water partition coefficient (Wildman–Crippen LogP) is 3.44. The Bertz CT molecular complexity index is 748. The zero-order chi connectivity index (χ0) is 20.4. The molecule has 1 unspecified atom stereocenters. The molecule has 0 spiro atoms. The molecule has 0 aliphatic heterocycles. The highest BCUT2D eigenvalue weighted by Crippen LogP contribution is 2.20. The molecule has 5 nitrogen and oxygen atoms in total. The minimum atomic E-state index is -0.719. The quantitative estimate of drug-likeness (QED) is 0.456. The monoisotopic (exact) mass is 387 g/mol. The maximum absolute atomic E-state index is 13.0. The van der Waals surface area contributed by atoms with Crippen LogP contribution < -0.4 is 15.4 Å². The average Bonchev–Trinajstić information content (AvgIpc) is 2.67. The van der Waals surface area contributed by atoms with Crippen LogP contribution in [0.4, 0.5) is 4.39 Å². The number of nitrogens with zero attached hydrogens (tertiary/aromatic N) is 1. The Morgan fingerprint density at radius 3 is 2.57 bits per heavy atom. The van der Waals surface area contributed by atoms with E-state index in [1.807, 2.05) is 45.0 Å². The molecule has 28 heavy (non-hydrogen) atoms. The number of benzene rings is 2. The van der Waals surface area contributed by atoms with E-state index in [-0.39, 0.29) is 18.5 Å². The molecule has 0 aliphatic rings. The molecule has 0 aliphatic carbocycles. The first-order valence-electron chi connectivity index (χ1n) is 9.69. The molecule has 0 aromatic heterocycles. The van der Waals surface area contributed by atoms with Crippen molar-refractivity contribution >= 4 is 5.96 Å². The summed E-state index contributed by atoms with van der Waals surface area (Å²) in [7, 11) is 0. The lowest BCUT2D eigenvalue weighted by Gasteiger charge is -2.15. The predicted molar refractivity (Wildman–Crippen MR) is 111 cm³/mol. The van der Waals surface area contributed by atoms with Crippen molar-refractivity contribution in [2.45, 2.75) is 39.4 Å². The third kappa shape index (κ3) is 7.56. The molecule has 152 valence electrons. The number of hydrogen-bond donors (Lipinski definition) is 3. The van der Waals surface area contributed by atoms with Crippen molar-refractivity contribution in [1.82, 2.24) is 10.6 Å². The highest BCUT2D eigenvalue weighted by atomic mass is 19.1. The number of guanidine groups is 1. The lowest BCUT2D eigenvalue weighted by molar-refractivity contribution is 0.185. The fourth-order valence-electron chi connectivity index (χ4n) is 2.67. The number of aliphatic hydroxyl groups is 1. The minimum Gasteiger partial charge on any atom is -0.491 e. The highest BCUT2D eigenvalue weighted by Gasteiger charge is 2.09. The van der Waals surface area contributed by atoms with Gasteiger partial charge < -0.3 is 20.5 Å². The van der Waals surface area contributed by atoms with E-state index < -0.39 is 6.10 Å². The fraction of sp³-hybridized carbons (Fsp3) is 0.409. The molecule has 0 saturated heterocycles. The summed E-state index contributed by atoms with van der Waals surface area (Å²) in [5, 5.41) is 16.9. The van der Waals surface area contributed by atoms with Gasteiger partial charge in [-0.3, -0.25) is 4.99 Å². The normalized spacial score (nSPS) is 12.7. The average molecular weight is 387 g/mol. The summed E-state index contributed by atoms with van der Waals surface area (Å²) >= 11 is 0. The number of ether oxygens (including phenoxy) is 1. The van der Waals surface area contributed by atoms with Gasteiger partial charge in [0.1, 0.15) is 11.6 Å². The fourth-order valence-corrected chi connectivity index (χ4v) is 2.67. The standard InChI is InChI=1S/C22H30FN3O2/c1-4-24-22(25-13-12-17-8-10-19(23)11-9-17)26-15-21(27)18-6-5-7-20(14-18)28-16(2)3/h5-11,14,16,21,27H,4,12-13,15H2,1-3H3,(H2,24,25,26). The maximum Gasteiger partial charge on any atom is 0.191 e. The van der Waals surface area contributed by atoms with Crippen LogP contribution in [0.5, 0.6) is 5.75 Å². The minimum absolute atomic E-state index is 0.0797. The van der Waals surface area contributed by atoms with Crippen LogP contribution in [-0.4, -0.2) is 36.8 Å². The van der Waals surface area contributed by atoms with Gasteiger partial charge in [-0.2, -0.15) is 0 Å². The Morgan fingerprint density at radius 1 is 1.14 bits per heavy atom. The molecule has 3 N–H and O–H groups in total. The topological polar surface area (TPSA) is 65.9 Å². The van der Waals surface area contributed by atoms with E-state index in [1.165, 1.54) is 12.1 Å². The summed E-state index contributed by atoms with van der Waals surface area (Å²) in [6, 6.07) is 13.9. The van der Waals surface area contributed by atoms with Gasteiger partial charge in [0.2, 0.25) is 0 Å². The zero-order valence-electron chi connectivity index (χ0n) is 16.8. The largest absolute Gasteiger partial charge is 0.491 e. The van der Waals surface area contributed by atoms with Crippen LogP contribution in [0.25, 0.3) is 0 Å². The molecule has 0 saturated carbocycles. The van der Waals surface area contributed by atoms with Gasteiger partial charge in [0.15, 0.2) is 5.96 Å². The molecule has 0 fully saturated rings. The van der Waals surface area contributed by atoms with Crippen LogP contribution in [0.1, 0.15) is 38.0 Å². The smallest absolute Gasteiger partial charge is 0.191 e. The summed E-state index contributed by atoms with van der Waals surface area (Å²) in [5.74, 6) is 1.14. The van der Waals surface area contributed by atoms with E-state index in [4.69, 9.17) is 4.74 Å². The molecule has 0 heterocycles. The van der Waals surface area contributed by atoms with Gasteiger partial charge in [0.05, 0.1) is 18.8 Å². The van der Waals surface area contributed by atoms with Crippen molar-refractivity contribution in [3.8, 4) is 5.75 Å². The highest BCUT2D eigenvalue weighted by molar-refractivity contribution is 5.79. The van der Waals surface area contributed by atoms with Gasteiger partial charge in [-0.1, -0.05) is 24.3 Å². The number of aliphatic hydroxyl groups excluding tert-OH is 1. The lowest BCUT2D eigenvalue weighted by atomic mass is 10.1. The first-order chi connectivity index (χ1) is 13.5. The van der Waals surface area contributed by atoms with E-state index in [2.05, 4.69) is 15.6 Å². The Balaban J connectivity index is 1.90. The van der Waals surface area contributed by atoms with Crippen molar-refractivity contribution in [3.63, 3.8) is 0 Å². The van der Waals surface area contributed by atoms with Crippen LogP contribution in [0.2, 0.25) is 0 Å². The molecule has 0 bridgehead atoms. The number of hydrogen-bond acceptors (Lipinski definition) is 3. The van der Waals surface area contributed by atoms with Gasteiger partial charge in [-0.25, -0.2) is 4.39 Å². The Morgan fingerprint density at radius 2 is 1.89 bits per heavy atom. The number of nitrogens with one attached hydrogen (secondary N) is 2. The summed E-state index contributed by atoms with van der Waals surface area (Å²) < 4.78 is 18.6. The van der Waals surface area contributed by atoms with E-state index in [1.54, 1.807) is 12.1 Å². The van der Waals surface area contributed by atoms with Crippen molar-refractivity contribution in [2.75, 3.05) is 19.6 Å². The second kappa shape index (κ2) is 11.3. The molecule has 6 heteroatoms. The van der Waals surface area contributed by atoms with Gasteiger partial charge >= 0.3 is 0 Å². The van der Waals surface area contributed by atoms with Crippen LogP contribution in [0.15, 0.2) is 53.5 Å². The molecule has 2 rings (SSSR count). The third-order valence-corrected chi connectivity index (χ3v) is 4.00. The van der Waals surface area contributed by atoms with Crippen molar-refractivity contribution < 1.29 is 14.2 Å². The van der Waals surface area contributed by atoms with Gasteiger partial charge in [0.25, 0.3) is 0 Å². The van der Waals surface area contributed by atoms with Gasteiger partial charge in [-0.05, 0) is 62.6 Å². The number of rotatable bonds is 9. The molecule has 2 aromatic rings. The summed E-state index contributed by atoms with van der Waals surface area (Å²) in [4.78, 5) is 4.47. The number of aliphatic imine (C=N–C) groups is 1. The van der Waals surface area contributed by atoms with Crippen molar-refractivity contribution in [2.24, 2.45) is 4.99 Å². The Kier molecular flexibility index (Phi) is 8.75. The van der Waals surface area contributed by atoms with Crippen LogP contribution in [0.3, 0.4) is 0 Å². The first kappa shape index (κ1) is 21.7. The van der Waals surface area contributed by atoms with E-state index in [9.17, 15) is 9.50 Å². The second-order valence-electron chi connectivity index (χ2n) is 6.78. The van der Waals surface area contributed by atoms with E-state index in [0.29, 0.717) is 12.5 Å². The molecule has 0 amide bonds. The molecular weight excluding hydrogens is 357 g/mol. The number of halogens is 1. The van der Waals surface area contributed by atoms with E-state index >= 15 is 0 Å². The van der Waals surface area contributed by atoms with Gasteiger partial charge in [-0.15, -0.1) is 0 Å². The SMILES string of the molecule is CCNC(=NCC(O)c1cccc(OC(C)C)c1)NCCc1ccc(F)cc1. The lowest BCUT2D eigenvalue weighted by Crippen LogP contribution is -2.38. The summed E-state index contributed by atoms with van der Waals surface area (Å²) in [6.07, 6.45) is 0.112. The summed E-state index contributed by atoms with van der Waals surface area (Å²) in [5.41, 5.74) is 1.82. The molecular formula is C22H30FN3O2. The third-order valence-electron chi connectivity index (χ3n) is 4.00. The molecule has 0 radical (unpaired) electrons.